The maximum atomic E-state index is 4.38. The van der Waals surface area contributed by atoms with Crippen LogP contribution in [0.4, 0.5) is 0 Å². The lowest BCUT2D eigenvalue weighted by atomic mass is 10.0. The second-order valence-electron chi connectivity index (χ2n) is 4.01. The zero-order valence-electron chi connectivity index (χ0n) is 9.96. The highest BCUT2D eigenvalue weighted by Crippen LogP contribution is 2.31. The van der Waals surface area contributed by atoms with Crippen LogP contribution >= 0.6 is 23.1 Å². The number of hydrogen-bond donors (Lipinski definition) is 1. The molecular weight excluding hydrogens is 262 g/mol. The summed E-state index contributed by atoms with van der Waals surface area (Å²) in [4.78, 5) is 0. The van der Waals surface area contributed by atoms with Crippen LogP contribution in [0.5, 0.6) is 0 Å². The lowest BCUT2D eigenvalue weighted by Crippen LogP contribution is -2.22. The van der Waals surface area contributed by atoms with E-state index in [4.69, 9.17) is 0 Å². The number of nitrogens with zero attached hydrogens (tertiary/aromatic N) is 2. The molecule has 5 heteroatoms. The van der Waals surface area contributed by atoms with E-state index in [1.54, 1.807) is 11.3 Å². The first-order valence-corrected chi connectivity index (χ1v) is 7.48. The number of aromatic nitrogens is 2. The number of rotatable bonds is 4. The standard InChI is InChI=1S/C13H13N3S2/c1-2-14-12(11-8-15-18-16-11)10-5-3-4-9-6-7-17-13(9)10/h3-8,12,14H,2H2,1H3. The van der Waals surface area contributed by atoms with E-state index in [1.807, 2.05) is 6.20 Å². The Hall–Kier alpha value is -1.30. The fourth-order valence-electron chi connectivity index (χ4n) is 2.12. The molecule has 3 nitrogen and oxygen atoms in total. The van der Waals surface area contributed by atoms with Gasteiger partial charge in [-0.1, -0.05) is 25.1 Å². The third-order valence-corrected chi connectivity index (χ3v) is 4.37. The maximum absolute atomic E-state index is 4.38. The predicted molar refractivity (Wildman–Crippen MR) is 77.3 cm³/mol. The number of nitrogens with one attached hydrogen (secondary N) is 1. The zero-order chi connectivity index (χ0) is 12.4. The summed E-state index contributed by atoms with van der Waals surface area (Å²) in [7, 11) is 0. The Labute approximate surface area is 114 Å². The van der Waals surface area contributed by atoms with Crippen molar-refractivity contribution in [3.05, 3.63) is 47.1 Å². The first-order valence-electron chi connectivity index (χ1n) is 5.87. The number of fused-ring (bicyclic) bond motifs is 1. The van der Waals surface area contributed by atoms with Crippen molar-refractivity contribution >= 4 is 33.2 Å². The molecule has 1 N–H and O–H groups in total. The molecule has 1 unspecified atom stereocenters. The topological polar surface area (TPSA) is 37.8 Å². The summed E-state index contributed by atoms with van der Waals surface area (Å²) in [5, 5.41) is 6.92. The Kier molecular flexibility index (Phi) is 3.36. The first-order chi connectivity index (χ1) is 8.90. The fourth-order valence-corrected chi connectivity index (χ4v) is 3.51. The summed E-state index contributed by atoms with van der Waals surface area (Å²) in [5.41, 5.74) is 2.29. The van der Waals surface area contributed by atoms with Gasteiger partial charge >= 0.3 is 0 Å². The van der Waals surface area contributed by atoms with Crippen LogP contribution in [0.3, 0.4) is 0 Å². The molecule has 0 spiro atoms. The van der Waals surface area contributed by atoms with Crippen molar-refractivity contribution in [3.8, 4) is 0 Å². The Morgan fingerprint density at radius 2 is 2.28 bits per heavy atom. The summed E-state index contributed by atoms with van der Waals surface area (Å²) in [6.07, 6.45) is 1.85. The summed E-state index contributed by atoms with van der Waals surface area (Å²) in [5.74, 6) is 0. The Morgan fingerprint density at radius 3 is 3.06 bits per heavy atom. The van der Waals surface area contributed by atoms with E-state index in [0.717, 1.165) is 12.2 Å². The second-order valence-corrected chi connectivity index (χ2v) is 5.48. The van der Waals surface area contributed by atoms with Crippen molar-refractivity contribution < 1.29 is 0 Å². The monoisotopic (exact) mass is 275 g/mol. The first kappa shape index (κ1) is 11.8. The molecule has 0 bridgehead atoms. The molecule has 0 saturated heterocycles. The van der Waals surface area contributed by atoms with Crippen LogP contribution < -0.4 is 5.32 Å². The van der Waals surface area contributed by atoms with Gasteiger partial charge in [0, 0.05) is 4.70 Å². The average Bonchev–Trinajstić information content (AvgIpc) is 3.06. The third-order valence-electron chi connectivity index (χ3n) is 2.90. The fraction of sp³-hybridized carbons (Fsp3) is 0.231. The molecule has 0 radical (unpaired) electrons. The summed E-state index contributed by atoms with van der Waals surface area (Å²) in [6, 6.07) is 8.72. The third kappa shape index (κ3) is 2.05. The number of hydrogen-bond acceptors (Lipinski definition) is 5. The van der Waals surface area contributed by atoms with E-state index in [-0.39, 0.29) is 6.04 Å². The maximum Gasteiger partial charge on any atom is 0.0958 e. The molecule has 0 aliphatic carbocycles. The highest BCUT2D eigenvalue weighted by atomic mass is 32.1. The van der Waals surface area contributed by atoms with Crippen molar-refractivity contribution in [3.63, 3.8) is 0 Å². The molecule has 0 aliphatic heterocycles. The van der Waals surface area contributed by atoms with Crippen molar-refractivity contribution in [2.75, 3.05) is 6.54 Å². The van der Waals surface area contributed by atoms with Gasteiger partial charge < -0.3 is 5.32 Å². The number of benzene rings is 1. The summed E-state index contributed by atoms with van der Waals surface area (Å²) < 4.78 is 9.82. The van der Waals surface area contributed by atoms with Gasteiger partial charge in [-0.15, -0.1) is 11.3 Å². The largest absolute Gasteiger partial charge is 0.305 e. The molecule has 3 rings (SSSR count). The van der Waals surface area contributed by atoms with E-state index in [9.17, 15) is 0 Å². The van der Waals surface area contributed by atoms with Gasteiger partial charge in [-0.25, -0.2) is 0 Å². The van der Waals surface area contributed by atoms with Crippen LogP contribution in [0.2, 0.25) is 0 Å². The molecule has 1 aromatic carbocycles. The minimum atomic E-state index is 0.135. The van der Waals surface area contributed by atoms with Crippen LogP contribution in [0, 0.1) is 0 Å². The molecule has 0 fully saturated rings. The Bertz CT molecular complexity index is 631. The van der Waals surface area contributed by atoms with Gasteiger partial charge in [-0.2, -0.15) is 8.75 Å². The normalized spacial score (nSPS) is 12.9. The lowest BCUT2D eigenvalue weighted by molar-refractivity contribution is 0.624. The van der Waals surface area contributed by atoms with Crippen LogP contribution in [-0.4, -0.2) is 15.3 Å². The summed E-state index contributed by atoms with van der Waals surface area (Å²) >= 11 is 3.04. The minimum Gasteiger partial charge on any atom is -0.305 e. The predicted octanol–water partition coefficient (Wildman–Crippen LogP) is 3.45. The molecule has 0 saturated carbocycles. The van der Waals surface area contributed by atoms with Crippen molar-refractivity contribution in [2.45, 2.75) is 13.0 Å². The lowest BCUT2D eigenvalue weighted by Gasteiger charge is -2.16. The average molecular weight is 275 g/mol. The van der Waals surface area contributed by atoms with Gasteiger partial charge in [0.05, 0.1) is 29.7 Å². The van der Waals surface area contributed by atoms with E-state index in [0.29, 0.717) is 0 Å². The van der Waals surface area contributed by atoms with Crippen LogP contribution in [0.1, 0.15) is 24.2 Å². The molecule has 18 heavy (non-hydrogen) atoms. The molecule has 2 aromatic heterocycles. The highest BCUT2D eigenvalue weighted by molar-refractivity contribution is 7.17. The van der Waals surface area contributed by atoms with E-state index >= 15 is 0 Å². The van der Waals surface area contributed by atoms with Gasteiger partial charge in [-0.3, -0.25) is 0 Å². The van der Waals surface area contributed by atoms with Gasteiger partial charge in [0.15, 0.2) is 0 Å². The van der Waals surface area contributed by atoms with Gasteiger partial charge in [0.2, 0.25) is 0 Å². The Balaban J connectivity index is 2.12. The zero-order valence-corrected chi connectivity index (χ0v) is 11.6. The van der Waals surface area contributed by atoms with E-state index in [1.165, 1.54) is 27.4 Å². The van der Waals surface area contributed by atoms with Crippen LogP contribution in [0.15, 0.2) is 35.8 Å². The molecule has 0 aliphatic rings. The van der Waals surface area contributed by atoms with Gasteiger partial charge in [-0.05, 0) is 28.9 Å². The smallest absolute Gasteiger partial charge is 0.0958 e. The van der Waals surface area contributed by atoms with Crippen LogP contribution in [-0.2, 0) is 0 Å². The Morgan fingerprint density at radius 1 is 1.33 bits per heavy atom. The molecular formula is C13H13N3S2. The van der Waals surface area contributed by atoms with Gasteiger partial charge in [0.25, 0.3) is 0 Å². The van der Waals surface area contributed by atoms with E-state index in [2.05, 4.69) is 50.6 Å². The van der Waals surface area contributed by atoms with Crippen molar-refractivity contribution in [2.24, 2.45) is 0 Å². The molecule has 0 amide bonds. The van der Waals surface area contributed by atoms with Crippen LogP contribution in [0.25, 0.3) is 10.1 Å². The minimum absolute atomic E-state index is 0.135. The molecule has 92 valence electrons. The van der Waals surface area contributed by atoms with E-state index < -0.39 is 0 Å². The molecule has 1 atom stereocenters. The van der Waals surface area contributed by atoms with Crippen molar-refractivity contribution in [1.29, 1.82) is 0 Å². The second kappa shape index (κ2) is 5.14. The number of thiophene rings is 1. The van der Waals surface area contributed by atoms with Gasteiger partial charge in [0.1, 0.15) is 0 Å². The molecule has 3 aromatic rings. The SMILES string of the molecule is CCNC(c1cnsn1)c1cccc2ccsc12. The summed E-state index contributed by atoms with van der Waals surface area (Å²) in [6.45, 7) is 3.02. The molecule has 2 heterocycles. The highest BCUT2D eigenvalue weighted by Gasteiger charge is 2.18. The quantitative estimate of drug-likeness (QED) is 0.792. The van der Waals surface area contributed by atoms with Crippen molar-refractivity contribution in [1.82, 2.24) is 14.1 Å².